The molecule has 130 valence electrons. The molecule has 3 N–H and O–H groups in total. The highest BCUT2D eigenvalue weighted by Gasteiger charge is 2.19. The summed E-state index contributed by atoms with van der Waals surface area (Å²) in [7, 11) is 2.22. The van der Waals surface area contributed by atoms with E-state index in [2.05, 4.69) is 27.5 Å². The molecule has 0 bridgehead atoms. The largest absolute Gasteiger partial charge is 0.406 e. The fourth-order valence-corrected chi connectivity index (χ4v) is 3.29. The summed E-state index contributed by atoms with van der Waals surface area (Å²) in [5, 5.41) is 11.3. The molecule has 3 rings (SSSR count). The van der Waals surface area contributed by atoms with Crippen molar-refractivity contribution in [1.82, 2.24) is 15.1 Å². The molecule has 1 saturated carbocycles. The normalized spacial score (nSPS) is 16.6. The Labute approximate surface area is 143 Å². The van der Waals surface area contributed by atoms with E-state index in [0.29, 0.717) is 11.9 Å². The third-order valence-corrected chi connectivity index (χ3v) is 4.78. The van der Waals surface area contributed by atoms with Crippen molar-refractivity contribution in [3.63, 3.8) is 0 Å². The van der Waals surface area contributed by atoms with Gasteiger partial charge in [-0.25, -0.2) is 0 Å². The molecule has 2 aromatic rings. The Morgan fingerprint density at radius 3 is 2.75 bits per heavy atom. The minimum absolute atomic E-state index is 0.386. The van der Waals surface area contributed by atoms with E-state index in [-0.39, 0.29) is 6.04 Å². The number of aromatic nitrogens is 2. The van der Waals surface area contributed by atoms with Gasteiger partial charge in [0.15, 0.2) is 0 Å². The maximum Gasteiger partial charge on any atom is 0.315 e. The smallest absolute Gasteiger partial charge is 0.315 e. The van der Waals surface area contributed by atoms with E-state index in [1.54, 1.807) is 0 Å². The SMILES string of the molecule is CN(CCCNc1nnc([C@H](N)c2ccccc2)o1)C1CCCC1. The van der Waals surface area contributed by atoms with Crippen molar-refractivity contribution in [2.45, 2.75) is 44.2 Å². The van der Waals surface area contributed by atoms with Crippen LogP contribution in [0.4, 0.5) is 6.01 Å². The number of nitrogens with one attached hydrogen (secondary N) is 1. The highest BCUT2D eigenvalue weighted by Crippen LogP contribution is 2.22. The molecule has 0 saturated heterocycles. The van der Waals surface area contributed by atoms with Crippen LogP contribution in [-0.2, 0) is 0 Å². The average Bonchev–Trinajstić information content (AvgIpc) is 3.30. The lowest BCUT2D eigenvalue weighted by molar-refractivity contribution is 0.245. The Morgan fingerprint density at radius 2 is 2.00 bits per heavy atom. The summed E-state index contributed by atoms with van der Waals surface area (Å²) in [5.41, 5.74) is 7.13. The third-order valence-electron chi connectivity index (χ3n) is 4.78. The Hall–Kier alpha value is -1.92. The maximum atomic E-state index is 6.16. The first-order valence-corrected chi connectivity index (χ1v) is 8.82. The monoisotopic (exact) mass is 329 g/mol. The number of benzene rings is 1. The Morgan fingerprint density at radius 1 is 1.25 bits per heavy atom. The lowest BCUT2D eigenvalue weighted by atomic mass is 10.1. The van der Waals surface area contributed by atoms with Crippen molar-refractivity contribution in [3.05, 3.63) is 41.8 Å². The molecule has 0 aliphatic heterocycles. The van der Waals surface area contributed by atoms with Crippen LogP contribution >= 0.6 is 0 Å². The summed E-state index contributed by atoms with van der Waals surface area (Å²) in [4.78, 5) is 2.47. The standard InChI is InChI=1S/C18H27N5O/c1-23(15-10-5-6-11-15)13-7-12-20-18-22-21-17(24-18)16(19)14-8-3-2-4-9-14/h2-4,8-9,15-16H,5-7,10-13,19H2,1H3,(H,20,22)/t16-/m1/s1. The molecule has 1 atom stereocenters. The van der Waals surface area contributed by atoms with Gasteiger partial charge in [-0.3, -0.25) is 0 Å². The van der Waals surface area contributed by atoms with E-state index in [1.165, 1.54) is 25.7 Å². The Kier molecular flexibility index (Phi) is 5.82. The van der Waals surface area contributed by atoms with E-state index in [1.807, 2.05) is 30.3 Å². The second kappa shape index (κ2) is 8.26. The topological polar surface area (TPSA) is 80.2 Å². The zero-order valence-corrected chi connectivity index (χ0v) is 14.3. The summed E-state index contributed by atoms with van der Waals surface area (Å²) in [6, 6.07) is 10.6. The van der Waals surface area contributed by atoms with Crippen LogP contribution in [-0.4, -0.2) is 41.3 Å². The Bertz CT molecular complexity index is 609. The summed E-state index contributed by atoms with van der Waals surface area (Å²) in [5.74, 6) is 0.437. The van der Waals surface area contributed by atoms with Gasteiger partial charge in [-0.15, -0.1) is 5.10 Å². The number of hydrogen-bond donors (Lipinski definition) is 2. The molecular weight excluding hydrogens is 302 g/mol. The third kappa shape index (κ3) is 4.33. The molecular formula is C18H27N5O. The zero-order chi connectivity index (χ0) is 16.8. The van der Waals surface area contributed by atoms with Crippen LogP contribution in [0.3, 0.4) is 0 Å². The minimum Gasteiger partial charge on any atom is -0.406 e. The lowest BCUT2D eigenvalue weighted by Gasteiger charge is -2.23. The molecule has 1 aliphatic carbocycles. The summed E-state index contributed by atoms with van der Waals surface area (Å²) in [6.45, 7) is 1.90. The fourth-order valence-electron chi connectivity index (χ4n) is 3.29. The number of rotatable bonds is 8. The van der Waals surface area contributed by atoms with E-state index in [9.17, 15) is 0 Å². The zero-order valence-electron chi connectivity index (χ0n) is 14.3. The van der Waals surface area contributed by atoms with Crippen molar-refractivity contribution < 1.29 is 4.42 Å². The molecule has 1 fully saturated rings. The van der Waals surface area contributed by atoms with E-state index in [4.69, 9.17) is 10.2 Å². The number of anilines is 1. The van der Waals surface area contributed by atoms with Crippen molar-refractivity contribution >= 4 is 6.01 Å². The van der Waals surface area contributed by atoms with Crippen LogP contribution < -0.4 is 11.1 Å². The molecule has 6 heteroatoms. The molecule has 1 aliphatic rings. The molecule has 1 heterocycles. The first kappa shape index (κ1) is 16.9. The molecule has 24 heavy (non-hydrogen) atoms. The molecule has 0 spiro atoms. The first-order valence-electron chi connectivity index (χ1n) is 8.82. The van der Waals surface area contributed by atoms with Crippen LogP contribution in [0.15, 0.2) is 34.7 Å². The van der Waals surface area contributed by atoms with Crippen molar-refractivity contribution in [2.75, 3.05) is 25.5 Å². The number of nitrogens with two attached hydrogens (primary N) is 1. The van der Waals surface area contributed by atoms with Crippen molar-refractivity contribution in [1.29, 1.82) is 0 Å². The summed E-state index contributed by atoms with van der Waals surface area (Å²) in [6.07, 6.45) is 6.48. The van der Waals surface area contributed by atoms with E-state index >= 15 is 0 Å². The number of nitrogens with zero attached hydrogens (tertiary/aromatic N) is 3. The van der Waals surface area contributed by atoms with Crippen LogP contribution in [0.1, 0.15) is 49.6 Å². The van der Waals surface area contributed by atoms with Gasteiger partial charge >= 0.3 is 6.01 Å². The van der Waals surface area contributed by atoms with Gasteiger partial charge in [-0.2, -0.15) is 0 Å². The lowest BCUT2D eigenvalue weighted by Crippen LogP contribution is -2.30. The van der Waals surface area contributed by atoms with Gasteiger partial charge < -0.3 is 20.4 Å². The summed E-state index contributed by atoms with van der Waals surface area (Å²) < 4.78 is 5.63. The molecule has 1 aromatic carbocycles. The minimum atomic E-state index is -0.386. The predicted molar refractivity (Wildman–Crippen MR) is 94.8 cm³/mol. The van der Waals surface area contributed by atoms with Crippen LogP contribution in [0.25, 0.3) is 0 Å². The second-order valence-electron chi connectivity index (χ2n) is 6.53. The van der Waals surface area contributed by atoms with Gasteiger partial charge in [0.2, 0.25) is 5.89 Å². The van der Waals surface area contributed by atoms with E-state index < -0.39 is 0 Å². The first-order chi connectivity index (χ1) is 11.7. The van der Waals surface area contributed by atoms with Gasteiger partial charge in [0.05, 0.1) is 0 Å². The summed E-state index contributed by atoms with van der Waals surface area (Å²) >= 11 is 0. The van der Waals surface area contributed by atoms with Crippen LogP contribution in [0.5, 0.6) is 0 Å². The molecule has 1 aromatic heterocycles. The van der Waals surface area contributed by atoms with Gasteiger partial charge in [-0.05, 0) is 38.4 Å². The van der Waals surface area contributed by atoms with E-state index in [0.717, 1.165) is 31.1 Å². The van der Waals surface area contributed by atoms with Crippen LogP contribution in [0, 0.1) is 0 Å². The number of hydrogen-bond acceptors (Lipinski definition) is 6. The quantitative estimate of drug-likeness (QED) is 0.725. The molecule has 0 radical (unpaired) electrons. The Balaban J connectivity index is 1.43. The maximum absolute atomic E-state index is 6.16. The second-order valence-corrected chi connectivity index (χ2v) is 6.53. The van der Waals surface area contributed by atoms with Gasteiger partial charge in [0.25, 0.3) is 0 Å². The molecule has 0 unspecified atom stereocenters. The highest BCUT2D eigenvalue weighted by molar-refractivity contribution is 5.25. The van der Waals surface area contributed by atoms with Crippen molar-refractivity contribution in [3.8, 4) is 0 Å². The average molecular weight is 329 g/mol. The molecule has 6 nitrogen and oxygen atoms in total. The highest BCUT2D eigenvalue weighted by atomic mass is 16.4. The predicted octanol–water partition coefficient (Wildman–Crippen LogP) is 2.79. The van der Waals surface area contributed by atoms with Gasteiger partial charge in [-0.1, -0.05) is 48.3 Å². The molecule has 0 amide bonds. The van der Waals surface area contributed by atoms with Gasteiger partial charge in [0, 0.05) is 12.6 Å². The van der Waals surface area contributed by atoms with Crippen molar-refractivity contribution in [2.24, 2.45) is 5.73 Å². The van der Waals surface area contributed by atoms with Gasteiger partial charge in [0.1, 0.15) is 6.04 Å². The fraction of sp³-hybridized carbons (Fsp3) is 0.556. The van der Waals surface area contributed by atoms with Crippen LogP contribution in [0.2, 0.25) is 0 Å².